The lowest BCUT2D eigenvalue weighted by Gasteiger charge is -2.30. The molecule has 1 heterocycles. The van der Waals surface area contributed by atoms with Crippen molar-refractivity contribution in [3.63, 3.8) is 0 Å². The highest BCUT2D eigenvalue weighted by Crippen LogP contribution is 2.48. The Balaban J connectivity index is 1.37. The average Bonchev–Trinajstić information content (AvgIpc) is 3.41. The standard InChI is InChI=1S/C51H51NO/c1-8-33(3)44(9-2)51(6,7)45-30-42-43-32-49(53-48-24-14-13-17-34(48)4)41(36-20-15-21-36)31-47(43)52(46(42)29-35(45)5)40-27-25-39(26-28-40)50(38-22-16-23-38)37-18-11-10-12-19-37/h8-14,17-19,24-32,36H,1-2,15-16,20-23H2,3-7H3/b44-33+. The van der Waals surface area contributed by atoms with Gasteiger partial charge in [-0.05, 0) is 151 Å². The zero-order valence-electron chi connectivity index (χ0n) is 32.1. The molecule has 53 heavy (non-hydrogen) atoms. The van der Waals surface area contributed by atoms with E-state index in [1.54, 1.807) is 5.57 Å². The first-order valence-electron chi connectivity index (χ1n) is 19.4. The molecule has 0 bridgehead atoms. The van der Waals surface area contributed by atoms with Gasteiger partial charge in [-0.3, -0.25) is 0 Å². The number of allylic oxidation sites excluding steroid dienone is 5. The summed E-state index contributed by atoms with van der Waals surface area (Å²) < 4.78 is 9.36. The van der Waals surface area contributed by atoms with Crippen molar-refractivity contribution in [2.75, 3.05) is 0 Å². The van der Waals surface area contributed by atoms with Gasteiger partial charge in [-0.25, -0.2) is 0 Å². The van der Waals surface area contributed by atoms with Crippen LogP contribution < -0.4 is 4.74 Å². The van der Waals surface area contributed by atoms with Crippen LogP contribution in [-0.2, 0) is 5.41 Å². The molecule has 2 fully saturated rings. The van der Waals surface area contributed by atoms with Crippen LogP contribution in [0.25, 0.3) is 33.1 Å². The van der Waals surface area contributed by atoms with Gasteiger partial charge in [0.2, 0.25) is 0 Å². The van der Waals surface area contributed by atoms with Gasteiger partial charge >= 0.3 is 0 Å². The van der Waals surface area contributed by atoms with Crippen LogP contribution in [0.5, 0.6) is 11.5 Å². The van der Waals surface area contributed by atoms with Crippen LogP contribution in [-0.4, -0.2) is 4.57 Å². The average molecular weight is 694 g/mol. The first kappa shape index (κ1) is 34.7. The van der Waals surface area contributed by atoms with Gasteiger partial charge in [-0.1, -0.05) is 112 Å². The van der Waals surface area contributed by atoms with Gasteiger partial charge in [0.25, 0.3) is 0 Å². The number of rotatable bonds is 10. The molecule has 1 aromatic heterocycles. The van der Waals surface area contributed by atoms with Gasteiger partial charge in [0, 0.05) is 21.9 Å². The molecule has 0 aliphatic heterocycles. The van der Waals surface area contributed by atoms with Crippen LogP contribution in [0.4, 0.5) is 0 Å². The molecule has 0 radical (unpaired) electrons. The Morgan fingerprint density at radius 1 is 0.717 bits per heavy atom. The Morgan fingerprint density at radius 2 is 1.38 bits per heavy atom. The molecule has 0 saturated heterocycles. The van der Waals surface area contributed by atoms with E-state index >= 15 is 0 Å². The molecule has 266 valence electrons. The summed E-state index contributed by atoms with van der Waals surface area (Å²) >= 11 is 0. The molecule has 0 unspecified atom stereocenters. The van der Waals surface area contributed by atoms with Crippen molar-refractivity contribution in [3.05, 3.63) is 179 Å². The summed E-state index contributed by atoms with van der Waals surface area (Å²) in [5.41, 5.74) is 16.3. The molecule has 2 heteroatoms. The number of benzene rings is 5. The van der Waals surface area contributed by atoms with Crippen LogP contribution in [0.15, 0.2) is 145 Å². The maximum Gasteiger partial charge on any atom is 0.131 e. The van der Waals surface area contributed by atoms with Gasteiger partial charge in [0.1, 0.15) is 11.5 Å². The SMILES string of the molecule is C=C/C(C)=C(\C=C)C(C)(C)c1cc2c3cc(Oc4ccccc4C)c(C4CCC4)cc3n(-c3ccc(C(=C4CCC4)c4ccccc4)cc3)c2cc1C. The molecule has 2 saturated carbocycles. The van der Waals surface area contributed by atoms with E-state index in [9.17, 15) is 0 Å². The summed E-state index contributed by atoms with van der Waals surface area (Å²) in [5, 5.41) is 2.44. The summed E-state index contributed by atoms with van der Waals surface area (Å²) in [6.07, 6.45) is 11.2. The first-order valence-corrected chi connectivity index (χ1v) is 19.4. The molecule has 0 amide bonds. The molecule has 2 aliphatic carbocycles. The number of nitrogens with zero attached hydrogens (tertiary/aromatic N) is 1. The third-order valence-corrected chi connectivity index (χ3v) is 12.2. The minimum absolute atomic E-state index is 0.274. The Bertz CT molecular complexity index is 2440. The third kappa shape index (κ3) is 6.09. The fourth-order valence-electron chi connectivity index (χ4n) is 8.80. The summed E-state index contributed by atoms with van der Waals surface area (Å²) in [6, 6.07) is 38.3. The summed E-state index contributed by atoms with van der Waals surface area (Å²) in [4.78, 5) is 0. The lowest BCUT2D eigenvalue weighted by atomic mass is 9.73. The highest BCUT2D eigenvalue weighted by Gasteiger charge is 2.30. The van der Waals surface area contributed by atoms with Crippen LogP contribution >= 0.6 is 0 Å². The zero-order chi connectivity index (χ0) is 36.9. The predicted octanol–water partition coefficient (Wildman–Crippen LogP) is 14.4. The van der Waals surface area contributed by atoms with Crippen molar-refractivity contribution in [2.24, 2.45) is 0 Å². The minimum atomic E-state index is -0.274. The molecule has 2 nitrogen and oxygen atoms in total. The smallest absolute Gasteiger partial charge is 0.131 e. The number of ether oxygens (including phenoxy) is 1. The zero-order valence-corrected chi connectivity index (χ0v) is 32.1. The van der Waals surface area contributed by atoms with Gasteiger partial charge < -0.3 is 9.30 Å². The van der Waals surface area contributed by atoms with Crippen LogP contribution in [0.3, 0.4) is 0 Å². The van der Waals surface area contributed by atoms with Crippen molar-refractivity contribution in [3.8, 4) is 17.2 Å². The van der Waals surface area contributed by atoms with Crippen molar-refractivity contribution in [2.45, 2.75) is 84.5 Å². The van der Waals surface area contributed by atoms with Crippen molar-refractivity contribution < 1.29 is 4.74 Å². The molecule has 0 spiro atoms. The molecular formula is C51H51NO. The molecule has 0 N–H and O–H groups in total. The molecule has 5 aromatic carbocycles. The fourth-order valence-corrected chi connectivity index (χ4v) is 8.80. The Hall–Kier alpha value is -5.34. The quantitative estimate of drug-likeness (QED) is 0.130. The number of hydrogen-bond acceptors (Lipinski definition) is 1. The van der Waals surface area contributed by atoms with Crippen LogP contribution in [0, 0.1) is 13.8 Å². The van der Waals surface area contributed by atoms with E-state index in [1.165, 1.54) is 105 Å². The van der Waals surface area contributed by atoms with Gasteiger partial charge in [0.15, 0.2) is 0 Å². The number of aryl methyl sites for hydroxylation is 2. The van der Waals surface area contributed by atoms with E-state index in [4.69, 9.17) is 4.74 Å². The van der Waals surface area contributed by atoms with E-state index in [1.807, 2.05) is 12.2 Å². The van der Waals surface area contributed by atoms with Crippen molar-refractivity contribution >= 4 is 27.4 Å². The number of aromatic nitrogens is 1. The lowest BCUT2D eigenvalue weighted by molar-refractivity contribution is 0.397. The lowest BCUT2D eigenvalue weighted by Crippen LogP contribution is -2.21. The van der Waals surface area contributed by atoms with Crippen molar-refractivity contribution in [1.82, 2.24) is 4.57 Å². The van der Waals surface area contributed by atoms with Gasteiger partial charge in [-0.2, -0.15) is 0 Å². The summed E-state index contributed by atoms with van der Waals surface area (Å²) in [6.45, 7) is 19.5. The maximum atomic E-state index is 6.87. The van der Waals surface area contributed by atoms with E-state index < -0.39 is 0 Å². The molecule has 2 aliphatic rings. The van der Waals surface area contributed by atoms with E-state index in [-0.39, 0.29) is 5.41 Å². The Kier molecular flexibility index (Phi) is 9.11. The predicted molar refractivity (Wildman–Crippen MR) is 226 cm³/mol. The minimum Gasteiger partial charge on any atom is -0.457 e. The Labute approximate surface area is 315 Å². The number of hydrogen-bond donors (Lipinski definition) is 0. The highest BCUT2D eigenvalue weighted by molar-refractivity contribution is 6.10. The van der Waals surface area contributed by atoms with Crippen molar-refractivity contribution in [1.29, 1.82) is 0 Å². The number of para-hydroxylation sites is 1. The van der Waals surface area contributed by atoms with E-state index in [2.05, 4.69) is 155 Å². The van der Waals surface area contributed by atoms with Gasteiger partial charge in [-0.15, -0.1) is 0 Å². The first-order chi connectivity index (χ1) is 25.7. The molecular weight excluding hydrogens is 643 g/mol. The van der Waals surface area contributed by atoms with E-state index in [0.717, 1.165) is 22.6 Å². The molecule has 6 aromatic rings. The van der Waals surface area contributed by atoms with Crippen LogP contribution in [0.1, 0.15) is 98.6 Å². The Morgan fingerprint density at radius 3 is 2.00 bits per heavy atom. The second kappa shape index (κ2) is 13.9. The largest absolute Gasteiger partial charge is 0.457 e. The third-order valence-electron chi connectivity index (χ3n) is 12.2. The summed E-state index contributed by atoms with van der Waals surface area (Å²) in [7, 11) is 0. The van der Waals surface area contributed by atoms with E-state index in [0.29, 0.717) is 5.92 Å². The maximum absolute atomic E-state index is 6.87. The highest BCUT2D eigenvalue weighted by atomic mass is 16.5. The second-order valence-corrected chi connectivity index (χ2v) is 15.8. The molecule has 8 rings (SSSR count). The molecule has 0 atom stereocenters. The second-order valence-electron chi connectivity index (χ2n) is 15.8. The fraction of sp³-hybridized carbons (Fsp3) is 0.255. The van der Waals surface area contributed by atoms with Gasteiger partial charge in [0.05, 0.1) is 11.0 Å². The number of fused-ring (bicyclic) bond motifs is 3. The normalized spacial score (nSPS) is 15.2. The monoisotopic (exact) mass is 693 g/mol. The topological polar surface area (TPSA) is 14.2 Å². The van der Waals surface area contributed by atoms with Crippen LogP contribution in [0.2, 0.25) is 0 Å². The summed E-state index contributed by atoms with van der Waals surface area (Å²) in [5.74, 6) is 2.38.